The van der Waals surface area contributed by atoms with Gasteiger partial charge in [-0.25, -0.2) is 4.39 Å². The molecule has 1 aliphatic heterocycles. The lowest BCUT2D eigenvalue weighted by Crippen LogP contribution is -2.33. The third-order valence-corrected chi connectivity index (χ3v) is 4.62. The Morgan fingerprint density at radius 1 is 1.37 bits per heavy atom. The Kier molecular flexibility index (Phi) is 3.05. The summed E-state index contributed by atoms with van der Waals surface area (Å²) < 4.78 is 13.1. The van der Waals surface area contributed by atoms with Crippen LogP contribution in [0.3, 0.4) is 0 Å². The molecule has 0 radical (unpaired) electrons. The molecule has 3 rings (SSSR count). The van der Waals surface area contributed by atoms with Crippen molar-refractivity contribution in [3.63, 3.8) is 0 Å². The fourth-order valence-corrected chi connectivity index (χ4v) is 3.51. The lowest BCUT2D eigenvalue weighted by molar-refractivity contribution is 0.0779. The summed E-state index contributed by atoms with van der Waals surface area (Å²) in [6.45, 7) is 3.33. The summed E-state index contributed by atoms with van der Waals surface area (Å²) in [4.78, 5) is 14.4. The number of nitrogens with two attached hydrogens (primary N) is 1. The number of aryl methyl sites for hydroxylation is 1. The van der Waals surface area contributed by atoms with Crippen LogP contribution in [0.4, 0.5) is 4.39 Å². The van der Waals surface area contributed by atoms with E-state index in [1.807, 2.05) is 4.90 Å². The molecular formula is C15H19FN2O. The summed E-state index contributed by atoms with van der Waals surface area (Å²) in [6.07, 6.45) is 2.20. The van der Waals surface area contributed by atoms with Crippen molar-refractivity contribution in [2.45, 2.75) is 25.8 Å². The van der Waals surface area contributed by atoms with E-state index >= 15 is 0 Å². The van der Waals surface area contributed by atoms with Gasteiger partial charge in [0.1, 0.15) is 5.82 Å². The molecule has 0 aromatic heterocycles. The van der Waals surface area contributed by atoms with Crippen molar-refractivity contribution in [3.8, 4) is 0 Å². The molecule has 2 fully saturated rings. The van der Waals surface area contributed by atoms with Crippen molar-refractivity contribution in [1.29, 1.82) is 0 Å². The van der Waals surface area contributed by atoms with Crippen LogP contribution in [0.25, 0.3) is 0 Å². The van der Waals surface area contributed by atoms with Crippen LogP contribution in [0, 0.1) is 24.6 Å². The summed E-state index contributed by atoms with van der Waals surface area (Å²) in [5.41, 5.74) is 7.39. The van der Waals surface area contributed by atoms with Gasteiger partial charge in [-0.1, -0.05) is 0 Å². The van der Waals surface area contributed by atoms with Crippen molar-refractivity contribution in [2.24, 2.45) is 17.6 Å². The van der Waals surface area contributed by atoms with Crippen LogP contribution >= 0.6 is 0 Å². The molecule has 3 atom stereocenters. The molecular weight excluding hydrogens is 243 g/mol. The lowest BCUT2D eigenvalue weighted by Gasteiger charge is -2.19. The Labute approximate surface area is 112 Å². The fourth-order valence-electron chi connectivity index (χ4n) is 3.51. The summed E-state index contributed by atoms with van der Waals surface area (Å²) in [6, 6.07) is 4.58. The van der Waals surface area contributed by atoms with E-state index in [2.05, 4.69) is 0 Å². The van der Waals surface area contributed by atoms with Crippen LogP contribution in [0.1, 0.15) is 28.8 Å². The zero-order valence-corrected chi connectivity index (χ0v) is 11.1. The van der Waals surface area contributed by atoms with Gasteiger partial charge in [0.15, 0.2) is 0 Å². The molecule has 1 saturated carbocycles. The van der Waals surface area contributed by atoms with Gasteiger partial charge in [0.2, 0.25) is 0 Å². The minimum Gasteiger partial charge on any atom is -0.338 e. The molecule has 102 valence electrons. The standard InChI is InChI=1S/C15H19FN2O/c1-9-6-11(16)3-4-12(9)15(19)18-7-10-2-5-14(17)13(10)8-18/h3-4,6,10,13-14H,2,5,7-8,17H2,1H3/t10-,13+,14-/m0/s1. The maximum atomic E-state index is 13.1. The number of rotatable bonds is 1. The molecule has 1 aliphatic carbocycles. The number of carbonyl (C=O) groups excluding carboxylic acids is 1. The molecule has 4 heteroatoms. The monoisotopic (exact) mass is 262 g/mol. The molecule has 3 nitrogen and oxygen atoms in total. The molecule has 2 N–H and O–H groups in total. The molecule has 2 aliphatic rings. The molecule has 0 bridgehead atoms. The van der Waals surface area contributed by atoms with Gasteiger partial charge >= 0.3 is 0 Å². The molecule has 1 heterocycles. The highest BCUT2D eigenvalue weighted by molar-refractivity contribution is 5.95. The number of carbonyl (C=O) groups is 1. The van der Waals surface area contributed by atoms with Crippen LogP contribution in [0.15, 0.2) is 18.2 Å². The molecule has 1 amide bonds. The Balaban J connectivity index is 1.78. The third kappa shape index (κ3) is 2.14. The minimum atomic E-state index is -0.297. The largest absolute Gasteiger partial charge is 0.338 e. The number of amides is 1. The number of hydrogen-bond donors (Lipinski definition) is 1. The SMILES string of the molecule is Cc1cc(F)ccc1C(=O)N1C[C@@H]2CC[C@H](N)[C@@H]2C1. The Morgan fingerprint density at radius 2 is 2.16 bits per heavy atom. The number of benzene rings is 1. The van der Waals surface area contributed by atoms with Gasteiger partial charge in [-0.2, -0.15) is 0 Å². The van der Waals surface area contributed by atoms with Crippen molar-refractivity contribution >= 4 is 5.91 Å². The van der Waals surface area contributed by atoms with Gasteiger partial charge in [0.05, 0.1) is 0 Å². The third-order valence-electron chi connectivity index (χ3n) is 4.62. The second-order valence-electron chi connectivity index (χ2n) is 5.83. The predicted molar refractivity (Wildman–Crippen MR) is 71.2 cm³/mol. The normalized spacial score (nSPS) is 29.6. The Hall–Kier alpha value is -1.42. The summed E-state index contributed by atoms with van der Waals surface area (Å²) >= 11 is 0. The maximum Gasteiger partial charge on any atom is 0.254 e. The molecule has 1 aromatic carbocycles. The first-order chi connectivity index (χ1) is 9.06. The minimum absolute atomic E-state index is 0.0131. The molecule has 1 saturated heterocycles. The quantitative estimate of drug-likeness (QED) is 0.840. The van der Waals surface area contributed by atoms with Gasteiger partial charge < -0.3 is 10.6 Å². The number of likely N-dealkylation sites (tertiary alicyclic amines) is 1. The second-order valence-corrected chi connectivity index (χ2v) is 5.83. The summed E-state index contributed by atoms with van der Waals surface area (Å²) in [5, 5.41) is 0. The van der Waals surface area contributed by atoms with Crippen LogP contribution in [0.5, 0.6) is 0 Å². The average molecular weight is 262 g/mol. The van der Waals surface area contributed by atoms with Crippen LogP contribution in [-0.2, 0) is 0 Å². The second kappa shape index (κ2) is 4.60. The van der Waals surface area contributed by atoms with Gasteiger partial charge in [-0.3, -0.25) is 4.79 Å². The Bertz CT molecular complexity index is 517. The van der Waals surface area contributed by atoms with E-state index in [1.54, 1.807) is 13.0 Å². The summed E-state index contributed by atoms with van der Waals surface area (Å²) in [5.74, 6) is 0.720. The van der Waals surface area contributed by atoms with Crippen LogP contribution in [-0.4, -0.2) is 29.9 Å². The smallest absolute Gasteiger partial charge is 0.254 e. The van der Waals surface area contributed by atoms with Crippen LogP contribution < -0.4 is 5.73 Å². The van der Waals surface area contributed by atoms with Crippen molar-refractivity contribution in [1.82, 2.24) is 4.90 Å². The molecule has 19 heavy (non-hydrogen) atoms. The number of halogens is 1. The Morgan fingerprint density at radius 3 is 2.84 bits per heavy atom. The molecule has 0 spiro atoms. The first-order valence-electron chi connectivity index (χ1n) is 6.87. The van der Waals surface area contributed by atoms with E-state index in [9.17, 15) is 9.18 Å². The lowest BCUT2D eigenvalue weighted by atomic mass is 9.98. The molecule has 1 aromatic rings. The van der Waals surface area contributed by atoms with E-state index in [4.69, 9.17) is 5.73 Å². The zero-order valence-electron chi connectivity index (χ0n) is 11.1. The van der Waals surface area contributed by atoms with Crippen LogP contribution in [0.2, 0.25) is 0 Å². The number of hydrogen-bond acceptors (Lipinski definition) is 2. The highest BCUT2D eigenvalue weighted by Gasteiger charge is 2.42. The fraction of sp³-hybridized carbons (Fsp3) is 0.533. The topological polar surface area (TPSA) is 46.3 Å². The van der Waals surface area contributed by atoms with Crippen molar-refractivity contribution in [3.05, 3.63) is 35.1 Å². The molecule has 0 unspecified atom stereocenters. The van der Waals surface area contributed by atoms with Gasteiger partial charge in [-0.05, 0) is 55.4 Å². The highest BCUT2D eigenvalue weighted by Crippen LogP contribution is 2.37. The highest BCUT2D eigenvalue weighted by atomic mass is 19.1. The number of nitrogens with zero attached hydrogens (tertiary/aromatic N) is 1. The van der Waals surface area contributed by atoms with Gasteiger partial charge in [0.25, 0.3) is 5.91 Å². The van der Waals surface area contributed by atoms with E-state index < -0.39 is 0 Å². The van der Waals surface area contributed by atoms with Gasteiger partial charge in [-0.15, -0.1) is 0 Å². The van der Waals surface area contributed by atoms with E-state index in [0.29, 0.717) is 23.0 Å². The van der Waals surface area contributed by atoms with Gasteiger partial charge in [0, 0.05) is 24.7 Å². The van der Waals surface area contributed by atoms with E-state index in [1.165, 1.54) is 12.1 Å². The number of fused-ring (bicyclic) bond motifs is 1. The maximum absolute atomic E-state index is 13.1. The van der Waals surface area contributed by atoms with Crippen molar-refractivity contribution in [2.75, 3.05) is 13.1 Å². The average Bonchev–Trinajstić information content (AvgIpc) is 2.91. The van der Waals surface area contributed by atoms with E-state index in [0.717, 1.165) is 25.9 Å². The first kappa shape index (κ1) is 12.6. The van der Waals surface area contributed by atoms with E-state index in [-0.39, 0.29) is 17.8 Å². The summed E-state index contributed by atoms with van der Waals surface area (Å²) in [7, 11) is 0. The predicted octanol–water partition coefficient (Wildman–Crippen LogP) is 1.94. The zero-order chi connectivity index (χ0) is 13.6. The van der Waals surface area contributed by atoms with Crippen molar-refractivity contribution < 1.29 is 9.18 Å². The first-order valence-corrected chi connectivity index (χ1v) is 6.87.